The molecule has 0 radical (unpaired) electrons. The van der Waals surface area contributed by atoms with Crippen LogP contribution in [0.4, 0.5) is 0 Å². The third kappa shape index (κ3) is 2.54. The number of nitrogens with two attached hydrogens (primary N) is 1. The van der Waals surface area contributed by atoms with Crippen molar-refractivity contribution >= 4 is 0 Å². The number of hydrogen-bond acceptors (Lipinski definition) is 5. The minimum Gasteiger partial charge on any atom is -0.381 e. The second kappa shape index (κ2) is 4.72. The molecule has 2 heterocycles. The van der Waals surface area contributed by atoms with Gasteiger partial charge in [-0.1, -0.05) is 12.1 Å². The van der Waals surface area contributed by atoms with E-state index in [0.717, 1.165) is 19.4 Å². The monoisotopic (exact) mass is 211 g/mol. The molecule has 0 aliphatic carbocycles. The lowest BCUT2D eigenvalue weighted by molar-refractivity contribution is 0.189. The molecule has 1 aliphatic heterocycles. The van der Waals surface area contributed by atoms with Crippen molar-refractivity contribution in [1.82, 2.24) is 10.1 Å². The molecule has 1 aliphatic rings. The summed E-state index contributed by atoms with van der Waals surface area (Å²) in [6.45, 7) is 3.54. The van der Waals surface area contributed by atoms with Crippen molar-refractivity contribution in [2.75, 3.05) is 13.2 Å². The summed E-state index contributed by atoms with van der Waals surface area (Å²) in [7, 11) is 0. The molecular weight excluding hydrogens is 194 g/mol. The Bertz CT molecular complexity index is 307. The predicted molar refractivity (Wildman–Crippen MR) is 54.4 cm³/mol. The lowest BCUT2D eigenvalue weighted by Gasteiger charge is -2.02. The summed E-state index contributed by atoms with van der Waals surface area (Å²) >= 11 is 0. The zero-order chi connectivity index (χ0) is 10.7. The molecule has 84 valence electrons. The zero-order valence-corrected chi connectivity index (χ0v) is 8.98. The van der Waals surface area contributed by atoms with E-state index in [2.05, 4.69) is 17.1 Å². The second-order valence-corrected chi connectivity index (χ2v) is 3.98. The Labute approximate surface area is 89.0 Å². The van der Waals surface area contributed by atoms with Gasteiger partial charge in [0.15, 0.2) is 5.82 Å². The third-order valence-corrected chi connectivity index (χ3v) is 2.73. The largest absolute Gasteiger partial charge is 0.381 e. The average Bonchev–Trinajstić information content (AvgIpc) is 2.85. The Morgan fingerprint density at radius 2 is 2.47 bits per heavy atom. The number of ether oxygens (including phenoxy) is 1. The summed E-state index contributed by atoms with van der Waals surface area (Å²) in [6.07, 6.45) is 2.59. The van der Waals surface area contributed by atoms with Crippen LogP contribution in [0.2, 0.25) is 0 Å². The smallest absolute Gasteiger partial charge is 0.232 e. The Morgan fingerprint density at radius 3 is 3.13 bits per heavy atom. The molecule has 0 aromatic carbocycles. The molecule has 2 N–H and O–H groups in total. The van der Waals surface area contributed by atoms with Gasteiger partial charge in [-0.25, -0.2) is 0 Å². The molecule has 1 aromatic rings. The molecular formula is C10H17N3O2. The van der Waals surface area contributed by atoms with E-state index in [4.69, 9.17) is 15.0 Å². The minimum absolute atomic E-state index is 0.121. The van der Waals surface area contributed by atoms with E-state index in [1.165, 1.54) is 0 Å². The van der Waals surface area contributed by atoms with Crippen molar-refractivity contribution in [3.63, 3.8) is 0 Å². The van der Waals surface area contributed by atoms with Gasteiger partial charge in [-0.2, -0.15) is 4.98 Å². The maximum absolute atomic E-state index is 5.82. The van der Waals surface area contributed by atoms with Gasteiger partial charge < -0.3 is 15.0 Å². The van der Waals surface area contributed by atoms with Crippen LogP contribution in [0.5, 0.6) is 0 Å². The third-order valence-electron chi connectivity index (χ3n) is 2.73. The Balaban J connectivity index is 1.97. The summed E-state index contributed by atoms with van der Waals surface area (Å²) in [5.41, 5.74) is 5.82. The molecule has 1 aromatic heterocycles. The number of aromatic nitrogens is 2. The molecule has 2 unspecified atom stereocenters. The van der Waals surface area contributed by atoms with Crippen molar-refractivity contribution in [1.29, 1.82) is 0 Å². The SMILES string of the molecule is CCC(N)Cc1noc(C2CCOC2)n1. The van der Waals surface area contributed by atoms with Crippen LogP contribution >= 0.6 is 0 Å². The Hall–Kier alpha value is -0.940. The summed E-state index contributed by atoms with van der Waals surface area (Å²) < 4.78 is 10.5. The highest BCUT2D eigenvalue weighted by Crippen LogP contribution is 2.23. The van der Waals surface area contributed by atoms with Gasteiger partial charge in [-0.3, -0.25) is 0 Å². The summed E-state index contributed by atoms with van der Waals surface area (Å²) in [6, 6.07) is 0.121. The molecule has 5 heteroatoms. The quantitative estimate of drug-likeness (QED) is 0.799. The van der Waals surface area contributed by atoms with E-state index >= 15 is 0 Å². The molecule has 15 heavy (non-hydrogen) atoms. The van der Waals surface area contributed by atoms with Crippen LogP contribution in [0.1, 0.15) is 37.4 Å². The van der Waals surface area contributed by atoms with Gasteiger partial charge in [-0.05, 0) is 12.8 Å². The van der Waals surface area contributed by atoms with Crippen molar-refractivity contribution in [2.24, 2.45) is 5.73 Å². The first kappa shape index (κ1) is 10.6. The van der Waals surface area contributed by atoms with Crippen LogP contribution in [0.25, 0.3) is 0 Å². The highest BCUT2D eigenvalue weighted by atomic mass is 16.5. The van der Waals surface area contributed by atoms with E-state index in [0.29, 0.717) is 24.7 Å². The summed E-state index contributed by atoms with van der Waals surface area (Å²) in [4.78, 5) is 4.34. The lowest BCUT2D eigenvalue weighted by Crippen LogP contribution is -2.22. The highest BCUT2D eigenvalue weighted by Gasteiger charge is 2.23. The Morgan fingerprint density at radius 1 is 1.60 bits per heavy atom. The van der Waals surface area contributed by atoms with Gasteiger partial charge in [0.1, 0.15) is 0 Å². The second-order valence-electron chi connectivity index (χ2n) is 3.98. The van der Waals surface area contributed by atoms with Crippen LogP contribution < -0.4 is 5.73 Å². The minimum atomic E-state index is 0.121. The van der Waals surface area contributed by atoms with Gasteiger partial charge in [0.2, 0.25) is 5.89 Å². The topological polar surface area (TPSA) is 74.2 Å². The van der Waals surface area contributed by atoms with Gasteiger partial charge in [0.25, 0.3) is 0 Å². The molecule has 2 rings (SSSR count). The molecule has 0 saturated carbocycles. The molecule has 2 atom stereocenters. The van der Waals surface area contributed by atoms with E-state index in [1.54, 1.807) is 0 Å². The first-order valence-corrected chi connectivity index (χ1v) is 5.45. The van der Waals surface area contributed by atoms with E-state index < -0.39 is 0 Å². The summed E-state index contributed by atoms with van der Waals surface area (Å²) in [5.74, 6) is 1.70. The van der Waals surface area contributed by atoms with E-state index in [-0.39, 0.29) is 12.0 Å². The Kier molecular flexibility index (Phi) is 3.33. The first-order valence-electron chi connectivity index (χ1n) is 5.45. The predicted octanol–water partition coefficient (Wildman–Crippen LogP) is 0.853. The van der Waals surface area contributed by atoms with Crippen LogP contribution in [0.15, 0.2) is 4.52 Å². The molecule has 1 fully saturated rings. The molecule has 5 nitrogen and oxygen atoms in total. The van der Waals surface area contributed by atoms with Crippen molar-refractivity contribution < 1.29 is 9.26 Å². The van der Waals surface area contributed by atoms with Crippen LogP contribution in [0.3, 0.4) is 0 Å². The molecule has 0 amide bonds. The summed E-state index contributed by atoms with van der Waals surface area (Å²) in [5, 5.41) is 3.93. The van der Waals surface area contributed by atoms with Crippen LogP contribution in [0, 0.1) is 0 Å². The van der Waals surface area contributed by atoms with Gasteiger partial charge in [-0.15, -0.1) is 0 Å². The normalized spacial score (nSPS) is 23.2. The maximum atomic E-state index is 5.82. The van der Waals surface area contributed by atoms with E-state index in [1.807, 2.05) is 0 Å². The van der Waals surface area contributed by atoms with Crippen molar-refractivity contribution in [3.8, 4) is 0 Å². The van der Waals surface area contributed by atoms with Gasteiger partial charge >= 0.3 is 0 Å². The zero-order valence-electron chi connectivity index (χ0n) is 8.98. The van der Waals surface area contributed by atoms with Crippen LogP contribution in [-0.4, -0.2) is 29.4 Å². The number of nitrogens with zero attached hydrogens (tertiary/aromatic N) is 2. The fourth-order valence-electron chi connectivity index (χ4n) is 1.62. The maximum Gasteiger partial charge on any atom is 0.232 e. The standard InChI is InChI=1S/C10H17N3O2/c1-2-8(11)5-9-12-10(15-13-9)7-3-4-14-6-7/h7-8H,2-6,11H2,1H3. The van der Waals surface area contributed by atoms with Gasteiger partial charge in [0, 0.05) is 19.1 Å². The van der Waals surface area contributed by atoms with Crippen molar-refractivity contribution in [3.05, 3.63) is 11.7 Å². The number of hydrogen-bond donors (Lipinski definition) is 1. The first-order chi connectivity index (χ1) is 7.29. The molecule has 0 bridgehead atoms. The molecule has 1 saturated heterocycles. The fourth-order valence-corrected chi connectivity index (χ4v) is 1.62. The van der Waals surface area contributed by atoms with Gasteiger partial charge in [0.05, 0.1) is 12.5 Å². The van der Waals surface area contributed by atoms with Crippen molar-refractivity contribution in [2.45, 2.75) is 38.1 Å². The fraction of sp³-hybridized carbons (Fsp3) is 0.800. The number of rotatable bonds is 4. The highest BCUT2D eigenvalue weighted by molar-refractivity contribution is 4.97. The van der Waals surface area contributed by atoms with Crippen LogP contribution in [-0.2, 0) is 11.2 Å². The lowest BCUT2D eigenvalue weighted by atomic mass is 10.1. The van der Waals surface area contributed by atoms with E-state index in [9.17, 15) is 0 Å². The average molecular weight is 211 g/mol. The molecule has 0 spiro atoms.